The summed E-state index contributed by atoms with van der Waals surface area (Å²) in [5.74, 6) is 0. The van der Waals surface area contributed by atoms with Gasteiger partial charge in [-0.25, -0.2) is 0 Å². The minimum Gasteiger partial charge on any atom is -0.263 e. The van der Waals surface area contributed by atoms with E-state index in [1.807, 2.05) is 10.7 Å². The van der Waals surface area contributed by atoms with Crippen LogP contribution in [0.2, 0.25) is 5.02 Å². The number of nitrogens with zero attached hydrogens (tertiary/aromatic N) is 2. The number of aromatic nitrogens is 2. The van der Waals surface area contributed by atoms with E-state index in [2.05, 4.69) is 53.9 Å². The lowest BCUT2D eigenvalue weighted by atomic mass is 10.1. The number of hydrogen-bond acceptors (Lipinski definition) is 1. The van der Waals surface area contributed by atoms with Crippen molar-refractivity contribution in [2.75, 3.05) is 0 Å². The molecule has 0 spiro atoms. The number of benzene rings is 1. The van der Waals surface area contributed by atoms with Crippen LogP contribution < -0.4 is 0 Å². The van der Waals surface area contributed by atoms with Gasteiger partial charge in [0.25, 0.3) is 0 Å². The highest BCUT2D eigenvalue weighted by atomic mass is 79.9. The second-order valence-electron chi connectivity index (χ2n) is 4.24. The summed E-state index contributed by atoms with van der Waals surface area (Å²) in [4.78, 5) is 0. The highest BCUT2D eigenvalue weighted by Gasteiger charge is 2.17. The molecule has 0 aliphatic heterocycles. The highest BCUT2D eigenvalue weighted by Crippen LogP contribution is 2.34. The van der Waals surface area contributed by atoms with Gasteiger partial charge in [0, 0.05) is 16.6 Å². The molecular weight excluding hydrogens is 312 g/mol. The Bertz CT molecular complexity index is 575. The van der Waals surface area contributed by atoms with Gasteiger partial charge in [-0.15, -0.1) is 0 Å². The summed E-state index contributed by atoms with van der Waals surface area (Å²) in [5.41, 5.74) is 4.35. The molecular formula is C14H16BrClN2. The molecule has 2 aromatic rings. The lowest BCUT2D eigenvalue weighted by Crippen LogP contribution is -2.00. The smallest absolute Gasteiger partial charge is 0.0897 e. The molecule has 0 unspecified atom stereocenters. The third kappa shape index (κ3) is 2.34. The van der Waals surface area contributed by atoms with Crippen molar-refractivity contribution in [3.05, 3.63) is 39.0 Å². The van der Waals surface area contributed by atoms with Gasteiger partial charge in [-0.3, -0.25) is 4.68 Å². The fourth-order valence-corrected chi connectivity index (χ4v) is 2.94. The summed E-state index contributed by atoms with van der Waals surface area (Å²) < 4.78 is 3.07. The Hall–Kier alpha value is -0.800. The van der Waals surface area contributed by atoms with E-state index in [9.17, 15) is 0 Å². The quantitative estimate of drug-likeness (QED) is 0.787. The number of halogens is 2. The summed E-state index contributed by atoms with van der Waals surface area (Å²) in [6.45, 7) is 7.08. The molecule has 0 saturated carbocycles. The maximum atomic E-state index is 6.46. The highest BCUT2D eigenvalue weighted by molar-refractivity contribution is 9.10. The fourth-order valence-electron chi connectivity index (χ4n) is 2.09. The topological polar surface area (TPSA) is 17.8 Å². The van der Waals surface area contributed by atoms with Crippen LogP contribution in [0.15, 0.2) is 22.7 Å². The summed E-state index contributed by atoms with van der Waals surface area (Å²) in [6, 6.07) is 6.23. The van der Waals surface area contributed by atoms with Crippen LogP contribution in [0.3, 0.4) is 0 Å². The number of aryl methyl sites for hydroxylation is 3. The first-order valence-corrected chi connectivity index (χ1v) is 7.27. The average molecular weight is 328 g/mol. The van der Waals surface area contributed by atoms with Crippen molar-refractivity contribution in [1.29, 1.82) is 0 Å². The van der Waals surface area contributed by atoms with Gasteiger partial charge in [0.05, 0.1) is 16.4 Å². The standard InChI is InChI=1S/C14H16BrClN2/c1-4-12-13(16)14(18(5-2)17-12)11-7-6-10(15)8-9(11)3/h6-8H,4-5H2,1-3H3. The molecule has 0 aliphatic carbocycles. The van der Waals surface area contributed by atoms with E-state index in [-0.39, 0.29) is 0 Å². The van der Waals surface area contributed by atoms with Crippen molar-refractivity contribution < 1.29 is 0 Å². The van der Waals surface area contributed by atoms with Gasteiger partial charge in [-0.2, -0.15) is 5.10 Å². The molecule has 0 radical (unpaired) electrons. The van der Waals surface area contributed by atoms with Gasteiger partial charge in [0.1, 0.15) is 0 Å². The molecule has 0 saturated heterocycles. The Balaban J connectivity index is 2.66. The molecule has 0 N–H and O–H groups in total. The molecule has 0 aliphatic rings. The summed E-state index contributed by atoms with van der Waals surface area (Å²) in [5, 5.41) is 5.34. The van der Waals surface area contributed by atoms with Crippen LogP contribution in [0.25, 0.3) is 11.3 Å². The first-order chi connectivity index (χ1) is 8.58. The Kier molecular flexibility index (Phi) is 4.13. The molecule has 4 heteroatoms. The van der Waals surface area contributed by atoms with Crippen LogP contribution in [-0.4, -0.2) is 9.78 Å². The van der Waals surface area contributed by atoms with E-state index in [4.69, 9.17) is 11.6 Å². The van der Waals surface area contributed by atoms with Crippen LogP contribution in [0, 0.1) is 6.92 Å². The van der Waals surface area contributed by atoms with E-state index in [1.165, 1.54) is 5.56 Å². The molecule has 0 amide bonds. The van der Waals surface area contributed by atoms with E-state index < -0.39 is 0 Å². The van der Waals surface area contributed by atoms with Crippen molar-refractivity contribution in [2.45, 2.75) is 33.7 Å². The molecule has 1 heterocycles. The molecule has 96 valence electrons. The zero-order chi connectivity index (χ0) is 13.3. The van der Waals surface area contributed by atoms with Gasteiger partial charge in [0.15, 0.2) is 0 Å². The largest absolute Gasteiger partial charge is 0.263 e. The van der Waals surface area contributed by atoms with Crippen LogP contribution in [0.4, 0.5) is 0 Å². The summed E-state index contributed by atoms with van der Waals surface area (Å²) >= 11 is 9.95. The van der Waals surface area contributed by atoms with Crippen LogP contribution in [0.1, 0.15) is 25.1 Å². The van der Waals surface area contributed by atoms with Crippen molar-refractivity contribution >= 4 is 27.5 Å². The van der Waals surface area contributed by atoms with E-state index in [0.29, 0.717) is 0 Å². The molecule has 2 nitrogen and oxygen atoms in total. The molecule has 1 aromatic carbocycles. The Morgan fingerprint density at radius 3 is 2.61 bits per heavy atom. The first-order valence-electron chi connectivity index (χ1n) is 6.10. The van der Waals surface area contributed by atoms with E-state index >= 15 is 0 Å². The Labute approximate surface area is 121 Å². The molecule has 18 heavy (non-hydrogen) atoms. The van der Waals surface area contributed by atoms with E-state index in [1.54, 1.807) is 0 Å². The molecule has 0 bridgehead atoms. The SMILES string of the molecule is CCc1nn(CC)c(-c2ccc(Br)cc2C)c1Cl. The second kappa shape index (κ2) is 5.45. The Morgan fingerprint density at radius 1 is 1.33 bits per heavy atom. The lowest BCUT2D eigenvalue weighted by Gasteiger charge is -2.09. The zero-order valence-electron chi connectivity index (χ0n) is 10.8. The Morgan fingerprint density at radius 2 is 2.06 bits per heavy atom. The predicted molar refractivity (Wildman–Crippen MR) is 80.2 cm³/mol. The maximum Gasteiger partial charge on any atom is 0.0897 e. The molecule has 2 rings (SSSR count). The van der Waals surface area contributed by atoms with Gasteiger partial charge in [-0.1, -0.05) is 40.5 Å². The van der Waals surface area contributed by atoms with Gasteiger partial charge in [-0.05, 0) is 38.0 Å². The average Bonchev–Trinajstić information content (AvgIpc) is 2.66. The maximum absolute atomic E-state index is 6.46. The predicted octanol–water partition coefficient (Wildman–Crippen LogP) is 4.86. The normalized spacial score (nSPS) is 10.9. The number of hydrogen-bond donors (Lipinski definition) is 0. The van der Waals surface area contributed by atoms with Gasteiger partial charge >= 0.3 is 0 Å². The summed E-state index contributed by atoms with van der Waals surface area (Å²) in [7, 11) is 0. The molecule has 0 fully saturated rings. The fraction of sp³-hybridized carbons (Fsp3) is 0.357. The third-order valence-electron chi connectivity index (χ3n) is 3.04. The van der Waals surface area contributed by atoms with Gasteiger partial charge < -0.3 is 0 Å². The zero-order valence-corrected chi connectivity index (χ0v) is 13.1. The van der Waals surface area contributed by atoms with Crippen molar-refractivity contribution in [1.82, 2.24) is 9.78 Å². The molecule has 1 aromatic heterocycles. The van der Waals surface area contributed by atoms with Crippen molar-refractivity contribution in [2.24, 2.45) is 0 Å². The monoisotopic (exact) mass is 326 g/mol. The second-order valence-corrected chi connectivity index (χ2v) is 5.53. The van der Waals surface area contributed by atoms with Crippen LogP contribution in [0.5, 0.6) is 0 Å². The number of rotatable bonds is 3. The van der Waals surface area contributed by atoms with Crippen molar-refractivity contribution in [3.8, 4) is 11.3 Å². The first kappa shape index (κ1) is 13.6. The van der Waals surface area contributed by atoms with Crippen molar-refractivity contribution in [3.63, 3.8) is 0 Å². The van der Waals surface area contributed by atoms with E-state index in [0.717, 1.165) is 39.4 Å². The van der Waals surface area contributed by atoms with Crippen LogP contribution >= 0.6 is 27.5 Å². The minimum absolute atomic E-state index is 0.782. The molecule has 0 atom stereocenters. The minimum atomic E-state index is 0.782. The van der Waals surface area contributed by atoms with Crippen LogP contribution in [-0.2, 0) is 13.0 Å². The summed E-state index contributed by atoms with van der Waals surface area (Å²) in [6.07, 6.45) is 0.856. The van der Waals surface area contributed by atoms with Gasteiger partial charge in [0.2, 0.25) is 0 Å². The third-order valence-corrected chi connectivity index (χ3v) is 3.93. The lowest BCUT2D eigenvalue weighted by molar-refractivity contribution is 0.655.